The Morgan fingerprint density at radius 2 is 2.11 bits per heavy atom. The van der Waals surface area contributed by atoms with Gasteiger partial charge in [0.05, 0.1) is 20.3 Å². The van der Waals surface area contributed by atoms with Gasteiger partial charge in [0.2, 0.25) is 5.91 Å². The number of hydrogen-bond donors (Lipinski definition) is 2. The molecular formula is C13H20N2O3. The molecule has 0 aromatic heterocycles. The van der Waals surface area contributed by atoms with Crippen LogP contribution in [0.3, 0.4) is 0 Å². The summed E-state index contributed by atoms with van der Waals surface area (Å²) in [6, 6.07) is 5.68. The first kappa shape index (κ1) is 14.3. The van der Waals surface area contributed by atoms with Crippen LogP contribution in [0.15, 0.2) is 18.2 Å². The number of ether oxygens (including phenoxy) is 2. The number of carbonyl (C=O) groups excluding carboxylic acids is 1. The van der Waals surface area contributed by atoms with Gasteiger partial charge in [-0.1, -0.05) is 0 Å². The molecule has 0 radical (unpaired) electrons. The van der Waals surface area contributed by atoms with Gasteiger partial charge in [-0.3, -0.25) is 4.79 Å². The van der Waals surface area contributed by atoms with Gasteiger partial charge in [0.15, 0.2) is 0 Å². The van der Waals surface area contributed by atoms with Crippen LogP contribution < -0.4 is 15.4 Å². The third kappa shape index (κ3) is 4.63. The van der Waals surface area contributed by atoms with Gasteiger partial charge in [-0.2, -0.15) is 0 Å². The zero-order valence-electron chi connectivity index (χ0n) is 11.1. The SMILES string of the molecule is COCCNC(=O)CNc1ccc(OC)cc1C. The minimum Gasteiger partial charge on any atom is -0.497 e. The fourth-order valence-electron chi connectivity index (χ4n) is 1.49. The van der Waals surface area contributed by atoms with E-state index in [1.807, 2.05) is 25.1 Å². The van der Waals surface area contributed by atoms with Crippen molar-refractivity contribution >= 4 is 11.6 Å². The Morgan fingerprint density at radius 1 is 1.33 bits per heavy atom. The average molecular weight is 252 g/mol. The largest absolute Gasteiger partial charge is 0.497 e. The average Bonchev–Trinajstić information content (AvgIpc) is 2.37. The van der Waals surface area contributed by atoms with Crippen molar-refractivity contribution in [1.29, 1.82) is 0 Å². The molecule has 0 fully saturated rings. The van der Waals surface area contributed by atoms with E-state index in [1.54, 1.807) is 14.2 Å². The maximum Gasteiger partial charge on any atom is 0.239 e. The first-order valence-electron chi connectivity index (χ1n) is 5.81. The number of aryl methyl sites for hydroxylation is 1. The molecule has 5 heteroatoms. The third-order valence-electron chi connectivity index (χ3n) is 2.50. The Balaban J connectivity index is 2.41. The molecule has 0 saturated heterocycles. The van der Waals surface area contributed by atoms with Crippen LogP contribution in [0.2, 0.25) is 0 Å². The fraction of sp³-hybridized carbons (Fsp3) is 0.462. The highest BCUT2D eigenvalue weighted by atomic mass is 16.5. The second-order valence-electron chi connectivity index (χ2n) is 3.88. The van der Waals surface area contributed by atoms with Crippen molar-refractivity contribution in [3.8, 4) is 5.75 Å². The Bertz CT molecular complexity index is 394. The van der Waals surface area contributed by atoms with Crippen molar-refractivity contribution in [3.05, 3.63) is 23.8 Å². The predicted octanol–water partition coefficient (Wildman–Crippen LogP) is 1.18. The second-order valence-corrected chi connectivity index (χ2v) is 3.88. The van der Waals surface area contributed by atoms with Gasteiger partial charge in [0, 0.05) is 19.3 Å². The lowest BCUT2D eigenvalue weighted by atomic mass is 10.2. The van der Waals surface area contributed by atoms with E-state index in [0.29, 0.717) is 13.2 Å². The van der Waals surface area contributed by atoms with Crippen molar-refractivity contribution in [1.82, 2.24) is 5.32 Å². The zero-order chi connectivity index (χ0) is 13.4. The van der Waals surface area contributed by atoms with Crippen molar-refractivity contribution in [2.75, 3.05) is 39.2 Å². The minimum atomic E-state index is -0.0535. The maximum absolute atomic E-state index is 11.5. The molecule has 0 spiro atoms. The predicted molar refractivity (Wildman–Crippen MR) is 71.1 cm³/mol. The first-order valence-corrected chi connectivity index (χ1v) is 5.81. The van der Waals surface area contributed by atoms with Crippen LogP contribution in [0.1, 0.15) is 5.56 Å². The fourth-order valence-corrected chi connectivity index (χ4v) is 1.49. The van der Waals surface area contributed by atoms with Crippen molar-refractivity contribution in [3.63, 3.8) is 0 Å². The number of methoxy groups -OCH3 is 2. The Kier molecular flexibility index (Phi) is 6.00. The van der Waals surface area contributed by atoms with Gasteiger partial charge in [0.1, 0.15) is 5.75 Å². The highest BCUT2D eigenvalue weighted by Crippen LogP contribution is 2.20. The van der Waals surface area contributed by atoms with E-state index >= 15 is 0 Å². The van der Waals surface area contributed by atoms with Gasteiger partial charge >= 0.3 is 0 Å². The van der Waals surface area contributed by atoms with Crippen LogP contribution in [0, 0.1) is 6.92 Å². The molecule has 2 N–H and O–H groups in total. The number of amides is 1. The maximum atomic E-state index is 11.5. The lowest BCUT2D eigenvalue weighted by Crippen LogP contribution is -2.32. The Labute approximate surface area is 107 Å². The van der Waals surface area contributed by atoms with E-state index in [4.69, 9.17) is 9.47 Å². The Hall–Kier alpha value is -1.75. The molecule has 0 atom stereocenters. The summed E-state index contributed by atoms with van der Waals surface area (Å²) in [5.41, 5.74) is 1.97. The number of rotatable bonds is 7. The van der Waals surface area contributed by atoms with Gasteiger partial charge < -0.3 is 20.1 Å². The number of benzene rings is 1. The molecule has 1 aromatic carbocycles. The number of nitrogens with one attached hydrogen (secondary N) is 2. The summed E-state index contributed by atoms with van der Waals surface area (Å²) in [6.07, 6.45) is 0. The van der Waals surface area contributed by atoms with E-state index in [9.17, 15) is 4.79 Å². The van der Waals surface area contributed by atoms with Gasteiger partial charge in [-0.05, 0) is 30.7 Å². The lowest BCUT2D eigenvalue weighted by molar-refractivity contribution is -0.119. The van der Waals surface area contributed by atoms with Crippen molar-refractivity contribution < 1.29 is 14.3 Å². The smallest absolute Gasteiger partial charge is 0.239 e. The summed E-state index contributed by atoms with van der Waals surface area (Å²) < 4.78 is 9.97. The van der Waals surface area contributed by atoms with E-state index in [1.165, 1.54) is 0 Å². The van der Waals surface area contributed by atoms with Crippen LogP contribution in [0.25, 0.3) is 0 Å². The molecule has 18 heavy (non-hydrogen) atoms. The van der Waals surface area contributed by atoms with Crippen LogP contribution >= 0.6 is 0 Å². The standard InChI is InChI=1S/C13H20N2O3/c1-10-8-11(18-3)4-5-12(10)15-9-13(16)14-6-7-17-2/h4-5,8,15H,6-7,9H2,1-3H3,(H,14,16). The second kappa shape index (κ2) is 7.55. The molecule has 0 aliphatic carbocycles. The number of anilines is 1. The number of hydrogen-bond acceptors (Lipinski definition) is 4. The van der Waals surface area contributed by atoms with Crippen LogP contribution in [-0.4, -0.2) is 39.8 Å². The summed E-state index contributed by atoms with van der Waals surface area (Å²) in [5.74, 6) is 0.755. The molecular weight excluding hydrogens is 232 g/mol. The molecule has 1 rings (SSSR count). The first-order chi connectivity index (χ1) is 8.67. The van der Waals surface area contributed by atoms with Gasteiger partial charge in [0.25, 0.3) is 0 Å². The van der Waals surface area contributed by atoms with Crippen LogP contribution in [-0.2, 0) is 9.53 Å². The summed E-state index contributed by atoms with van der Waals surface area (Å²) in [7, 11) is 3.23. The van der Waals surface area contributed by atoms with E-state index in [2.05, 4.69) is 10.6 Å². The molecule has 0 bridgehead atoms. The molecule has 5 nitrogen and oxygen atoms in total. The number of carbonyl (C=O) groups is 1. The van der Waals surface area contributed by atoms with Crippen LogP contribution in [0.4, 0.5) is 5.69 Å². The molecule has 0 heterocycles. The summed E-state index contributed by atoms with van der Waals surface area (Å²) >= 11 is 0. The normalized spacial score (nSPS) is 9.94. The summed E-state index contributed by atoms with van der Waals surface area (Å²) in [5, 5.41) is 5.83. The topological polar surface area (TPSA) is 59.6 Å². The van der Waals surface area contributed by atoms with Crippen molar-refractivity contribution in [2.45, 2.75) is 6.92 Å². The van der Waals surface area contributed by atoms with Crippen LogP contribution in [0.5, 0.6) is 5.75 Å². The summed E-state index contributed by atoms with van der Waals surface area (Å²) in [6.45, 7) is 3.26. The molecule has 0 aliphatic heterocycles. The molecule has 1 amide bonds. The van der Waals surface area contributed by atoms with E-state index < -0.39 is 0 Å². The monoisotopic (exact) mass is 252 g/mol. The molecule has 0 aliphatic rings. The van der Waals surface area contributed by atoms with Crippen molar-refractivity contribution in [2.24, 2.45) is 0 Å². The quantitative estimate of drug-likeness (QED) is 0.715. The minimum absolute atomic E-state index is 0.0535. The van der Waals surface area contributed by atoms with Gasteiger partial charge in [-0.15, -0.1) is 0 Å². The third-order valence-corrected chi connectivity index (χ3v) is 2.50. The highest BCUT2D eigenvalue weighted by molar-refractivity contribution is 5.80. The summed E-state index contributed by atoms with van der Waals surface area (Å²) in [4.78, 5) is 11.5. The molecule has 100 valence electrons. The molecule has 0 unspecified atom stereocenters. The van der Waals surface area contributed by atoms with E-state index in [0.717, 1.165) is 17.0 Å². The van der Waals surface area contributed by atoms with Gasteiger partial charge in [-0.25, -0.2) is 0 Å². The van der Waals surface area contributed by atoms with E-state index in [-0.39, 0.29) is 12.5 Å². The molecule has 1 aromatic rings. The Morgan fingerprint density at radius 3 is 2.72 bits per heavy atom. The lowest BCUT2D eigenvalue weighted by Gasteiger charge is -2.11. The molecule has 0 saturated carbocycles. The highest BCUT2D eigenvalue weighted by Gasteiger charge is 2.03. The zero-order valence-corrected chi connectivity index (χ0v) is 11.1.